The Morgan fingerprint density at radius 3 is 2.42 bits per heavy atom. The topological polar surface area (TPSA) is 96.6 Å². The number of aliphatic carboxylic acids is 1. The number of rotatable bonds is 5. The molecule has 2 N–H and O–H groups in total. The number of fused-ring (bicyclic) bond motifs is 1. The SMILES string of the molecule is Cc1ccccc1-c1cc(=O)oc2cc(CNC(=O)C3CCC(C(=O)O)CC3)ccc12. The van der Waals surface area contributed by atoms with Crippen LogP contribution in [0.15, 0.2) is 57.7 Å². The van der Waals surface area contributed by atoms with Gasteiger partial charge in [0.2, 0.25) is 5.91 Å². The van der Waals surface area contributed by atoms with E-state index in [2.05, 4.69) is 5.32 Å². The third-order valence-corrected chi connectivity index (χ3v) is 6.16. The molecule has 1 aliphatic carbocycles. The molecule has 0 bridgehead atoms. The summed E-state index contributed by atoms with van der Waals surface area (Å²) in [6, 6.07) is 15.0. The number of carbonyl (C=O) groups excluding carboxylic acids is 1. The molecule has 6 heteroatoms. The van der Waals surface area contributed by atoms with Crippen molar-refractivity contribution in [2.75, 3.05) is 0 Å². The molecule has 0 unspecified atom stereocenters. The molecule has 160 valence electrons. The van der Waals surface area contributed by atoms with Gasteiger partial charge in [-0.05, 0) is 55.4 Å². The van der Waals surface area contributed by atoms with E-state index in [4.69, 9.17) is 9.52 Å². The Hall–Kier alpha value is -3.41. The quantitative estimate of drug-likeness (QED) is 0.602. The first-order valence-electron chi connectivity index (χ1n) is 10.6. The van der Waals surface area contributed by atoms with Crippen molar-refractivity contribution in [3.8, 4) is 11.1 Å². The van der Waals surface area contributed by atoms with Crippen LogP contribution in [0.4, 0.5) is 0 Å². The zero-order valence-corrected chi connectivity index (χ0v) is 17.4. The maximum atomic E-state index is 12.5. The van der Waals surface area contributed by atoms with Gasteiger partial charge in [-0.2, -0.15) is 0 Å². The summed E-state index contributed by atoms with van der Waals surface area (Å²) >= 11 is 0. The zero-order chi connectivity index (χ0) is 22.0. The van der Waals surface area contributed by atoms with Gasteiger partial charge in [-0.15, -0.1) is 0 Å². The van der Waals surface area contributed by atoms with Crippen LogP contribution in [0.25, 0.3) is 22.1 Å². The fourth-order valence-electron chi connectivity index (χ4n) is 4.35. The second kappa shape index (κ2) is 8.76. The molecule has 1 amide bonds. The maximum Gasteiger partial charge on any atom is 0.336 e. The van der Waals surface area contributed by atoms with Crippen molar-refractivity contribution in [3.63, 3.8) is 0 Å². The first-order valence-corrected chi connectivity index (χ1v) is 10.6. The van der Waals surface area contributed by atoms with Crippen molar-refractivity contribution in [2.45, 2.75) is 39.2 Å². The van der Waals surface area contributed by atoms with Gasteiger partial charge in [-0.1, -0.05) is 36.4 Å². The highest BCUT2D eigenvalue weighted by molar-refractivity contribution is 5.94. The summed E-state index contributed by atoms with van der Waals surface area (Å²) in [7, 11) is 0. The summed E-state index contributed by atoms with van der Waals surface area (Å²) in [5.74, 6) is -1.32. The zero-order valence-electron chi connectivity index (χ0n) is 17.4. The lowest BCUT2D eigenvalue weighted by Crippen LogP contribution is -2.34. The van der Waals surface area contributed by atoms with Crippen LogP contribution in [0.5, 0.6) is 0 Å². The Morgan fingerprint density at radius 1 is 1.00 bits per heavy atom. The minimum absolute atomic E-state index is 0.0564. The largest absolute Gasteiger partial charge is 0.481 e. The Labute approximate surface area is 179 Å². The molecule has 0 aliphatic heterocycles. The van der Waals surface area contributed by atoms with Crippen LogP contribution in [0.2, 0.25) is 0 Å². The van der Waals surface area contributed by atoms with Crippen LogP contribution in [0.1, 0.15) is 36.8 Å². The molecular weight excluding hydrogens is 394 g/mol. The van der Waals surface area contributed by atoms with Crippen molar-refractivity contribution >= 4 is 22.8 Å². The third kappa shape index (κ3) is 4.53. The number of carboxylic acids is 1. The number of nitrogens with one attached hydrogen (secondary N) is 1. The van der Waals surface area contributed by atoms with E-state index in [1.165, 1.54) is 6.07 Å². The molecule has 4 rings (SSSR count). The van der Waals surface area contributed by atoms with Gasteiger partial charge in [0, 0.05) is 29.5 Å². The highest BCUT2D eigenvalue weighted by Gasteiger charge is 2.29. The molecule has 1 saturated carbocycles. The number of hydrogen-bond acceptors (Lipinski definition) is 4. The van der Waals surface area contributed by atoms with Crippen LogP contribution in [0, 0.1) is 18.8 Å². The summed E-state index contributed by atoms with van der Waals surface area (Å²) in [6.07, 6.45) is 2.26. The van der Waals surface area contributed by atoms with E-state index < -0.39 is 11.6 Å². The Balaban J connectivity index is 1.50. The average molecular weight is 419 g/mol. The van der Waals surface area contributed by atoms with Crippen LogP contribution in [-0.4, -0.2) is 17.0 Å². The molecule has 1 aromatic heterocycles. The molecule has 0 saturated heterocycles. The van der Waals surface area contributed by atoms with E-state index in [9.17, 15) is 14.4 Å². The number of aryl methyl sites for hydroxylation is 1. The van der Waals surface area contributed by atoms with Gasteiger partial charge in [-0.3, -0.25) is 9.59 Å². The number of hydrogen-bond donors (Lipinski definition) is 2. The van der Waals surface area contributed by atoms with Crippen molar-refractivity contribution in [3.05, 3.63) is 70.1 Å². The van der Waals surface area contributed by atoms with E-state index in [1.54, 1.807) is 6.07 Å². The molecular formula is C25H25NO5. The second-order valence-electron chi connectivity index (χ2n) is 8.23. The molecule has 1 fully saturated rings. The summed E-state index contributed by atoms with van der Waals surface area (Å²) < 4.78 is 5.44. The minimum atomic E-state index is -0.776. The maximum absolute atomic E-state index is 12.5. The van der Waals surface area contributed by atoms with Gasteiger partial charge in [-0.25, -0.2) is 4.79 Å². The molecule has 0 radical (unpaired) electrons. The number of amides is 1. The van der Waals surface area contributed by atoms with E-state index in [1.807, 2.05) is 43.3 Å². The van der Waals surface area contributed by atoms with Gasteiger partial charge < -0.3 is 14.8 Å². The molecule has 3 aromatic rings. The Morgan fingerprint density at radius 2 is 1.71 bits per heavy atom. The lowest BCUT2D eigenvalue weighted by Gasteiger charge is -2.25. The van der Waals surface area contributed by atoms with Crippen molar-refractivity contribution < 1.29 is 19.1 Å². The van der Waals surface area contributed by atoms with Gasteiger partial charge in [0.1, 0.15) is 5.58 Å². The van der Waals surface area contributed by atoms with Crippen molar-refractivity contribution in [1.29, 1.82) is 0 Å². The summed E-state index contributed by atoms with van der Waals surface area (Å²) in [6.45, 7) is 2.33. The van der Waals surface area contributed by atoms with E-state index >= 15 is 0 Å². The number of carboxylic acid groups (broad SMARTS) is 1. The lowest BCUT2D eigenvalue weighted by molar-refractivity contribution is -0.144. The normalized spacial score (nSPS) is 18.6. The molecule has 0 atom stereocenters. The first-order chi connectivity index (χ1) is 14.9. The lowest BCUT2D eigenvalue weighted by atomic mass is 9.81. The Kier molecular flexibility index (Phi) is 5.89. The standard InChI is InChI=1S/C25H25NO5/c1-15-4-2-3-5-19(15)21-13-23(27)31-22-12-16(6-11-20(21)22)14-26-24(28)17-7-9-18(10-8-17)25(29)30/h2-6,11-13,17-18H,7-10,14H2,1H3,(H,26,28)(H,29,30). The van der Waals surface area contributed by atoms with Gasteiger partial charge in [0.15, 0.2) is 0 Å². The first kappa shape index (κ1) is 20.8. The van der Waals surface area contributed by atoms with E-state index in [0.717, 1.165) is 27.6 Å². The minimum Gasteiger partial charge on any atom is -0.481 e. The fourth-order valence-corrected chi connectivity index (χ4v) is 4.35. The van der Waals surface area contributed by atoms with E-state index in [-0.39, 0.29) is 17.7 Å². The average Bonchev–Trinajstić information content (AvgIpc) is 2.77. The third-order valence-electron chi connectivity index (χ3n) is 6.16. The molecule has 1 heterocycles. The van der Waals surface area contributed by atoms with E-state index in [0.29, 0.717) is 37.8 Å². The highest BCUT2D eigenvalue weighted by atomic mass is 16.4. The highest BCUT2D eigenvalue weighted by Crippen LogP contribution is 2.31. The predicted octanol–water partition coefficient (Wildman–Crippen LogP) is 4.28. The smallest absolute Gasteiger partial charge is 0.336 e. The summed E-state index contributed by atoms with van der Waals surface area (Å²) in [5, 5.41) is 12.9. The molecule has 2 aromatic carbocycles. The molecule has 6 nitrogen and oxygen atoms in total. The fraction of sp³-hybridized carbons (Fsp3) is 0.320. The van der Waals surface area contributed by atoms with Crippen LogP contribution in [0.3, 0.4) is 0 Å². The number of benzene rings is 2. The predicted molar refractivity (Wildman–Crippen MR) is 118 cm³/mol. The summed E-state index contributed by atoms with van der Waals surface area (Å²) in [5.41, 5.74) is 3.80. The van der Waals surface area contributed by atoms with Gasteiger partial charge in [0.05, 0.1) is 5.92 Å². The Bertz CT molecular complexity index is 1190. The van der Waals surface area contributed by atoms with Crippen molar-refractivity contribution in [2.24, 2.45) is 11.8 Å². The number of carbonyl (C=O) groups is 2. The van der Waals surface area contributed by atoms with Crippen LogP contribution in [-0.2, 0) is 16.1 Å². The van der Waals surface area contributed by atoms with Crippen LogP contribution >= 0.6 is 0 Å². The van der Waals surface area contributed by atoms with Gasteiger partial charge >= 0.3 is 11.6 Å². The summed E-state index contributed by atoms with van der Waals surface area (Å²) in [4.78, 5) is 35.8. The monoisotopic (exact) mass is 419 g/mol. The molecule has 31 heavy (non-hydrogen) atoms. The van der Waals surface area contributed by atoms with Crippen LogP contribution < -0.4 is 10.9 Å². The molecule has 1 aliphatic rings. The van der Waals surface area contributed by atoms with Crippen molar-refractivity contribution in [1.82, 2.24) is 5.32 Å². The van der Waals surface area contributed by atoms with Gasteiger partial charge in [0.25, 0.3) is 0 Å². The molecule has 0 spiro atoms. The second-order valence-corrected chi connectivity index (χ2v) is 8.23.